The zero-order chi connectivity index (χ0) is 17.1. The van der Waals surface area contributed by atoms with Gasteiger partial charge in [0.15, 0.2) is 0 Å². The summed E-state index contributed by atoms with van der Waals surface area (Å²) in [6, 6.07) is 5.76. The Bertz CT molecular complexity index is 705. The van der Waals surface area contributed by atoms with Crippen molar-refractivity contribution in [2.45, 2.75) is 32.2 Å². The van der Waals surface area contributed by atoms with Gasteiger partial charge >= 0.3 is 0 Å². The van der Waals surface area contributed by atoms with E-state index >= 15 is 0 Å². The zero-order valence-corrected chi connectivity index (χ0v) is 15.2. The second-order valence-corrected chi connectivity index (χ2v) is 8.28. The average Bonchev–Trinajstić information content (AvgIpc) is 3.26. The molecule has 0 aromatic carbocycles. The maximum Gasteiger partial charge on any atom is 0.228 e. The molecule has 0 radical (unpaired) electrons. The molecular formula is C19H24N4OS. The van der Waals surface area contributed by atoms with Gasteiger partial charge in [-0.05, 0) is 37.9 Å². The summed E-state index contributed by atoms with van der Waals surface area (Å²) in [4.78, 5) is 25.9. The van der Waals surface area contributed by atoms with Gasteiger partial charge in [-0.25, -0.2) is 4.98 Å². The van der Waals surface area contributed by atoms with Gasteiger partial charge in [-0.3, -0.25) is 14.7 Å². The van der Waals surface area contributed by atoms with Crippen molar-refractivity contribution in [2.24, 2.45) is 5.41 Å². The number of hydrogen-bond acceptors (Lipinski definition) is 5. The third kappa shape index (κ3) is 3.90. The number of rotatable bonds is 4. The lowest BCUT2D eigenvalue weighted by Gasteiger charge is -2.40. The smallest absolute Gasteiger partial charge is 0.228 e. The van der Waals surface area contributed by atoms with E-state index in [1.807, 2.05) is 29.8 Å². The topological polar surface area (TPSA) is 49.3 Å². The Balaban J connectivity index is 1.36. The molecule has 6 heteroatoms. The van der Waals surface area contributed by atoms with E-state index in [2.05, 4.69) is 19.8 Å². The SMILES string of the molecule is O=C(Cc1ccccn1)N1CC[C@@]2(CCCN(Cc3nccs3)C2)C1. The summed E-state index contributed by atoms with van der Waals surface area (Å²) in [7, 11) is 0. The van der Waals surface area contributed by atoms with E-state index in [9.17, 15) is 4.79 Å². The van der Waals surface area contributed by atoms with Gasteiger partial charge in [0.25, 0.3) is 0 Å². The van der Waals surface area contributed by atoms with Crippen LogP contribution in [0.25, 0.3) is 0 Å². The Kier molecular flexibility index (Phi) is 4.81. The van der Waals surface area contributed by atoms with Crippen LogP contribution in [0.3, 0.4) is 0 Å². The lowest BCUT2D eigenvalue weighted by molar-refractivity contribution is -0.130. The molecule has 4 rings (SSSR count). The van der Waals surface area contributed by atoms with Gasteiger partial charge in [-0.2, -0.15) is 0 Å². The van der Waals surface area contributed by atoms with E-state index in [4.69, 9.17) is 0 Å². The number of carbonyl (C=O) groups excluding carboxylic acids is 1. The Morgan fingerprint density at radius 3 is 2.92 bits per heavy atom. The fourth-order valence-corrected chi connectivity index (χ4v) is 4.88. The molecule has 1 spiro atoms. The average molecular weight is 356 g/mol. The molecule has 2 aromatic rings. The normalized spacial score (nSPS) is 24.1. The lowest BCUT2D eigenvalue weighted by Crippen LogP contribution is -2.45. The van der Waals surface area contributed by atoms with Gasteiger partial charge in [0.1, 0.15) is 5.01 Å². The highest BCUT2D eigenvalue weighted by Gasteiger charge is 2.42. The van der Waals surface area contributed by atoms with Crippen LogP contribution >= 0.6 is 11.3 Å². The maximum atomic E-state index is 12.6. The van der Waals surface area contributed by atoms with Crippen LogP contribution in [-0.4, -0.2) is 51.9 Å². The summed E-state index contributed by atoms with van der Waals surface area (Å²) < 4.78 is 0. The number of likely N-dealkylation sites (tertiary alicyclic amines) is 2. The molecule has 2 aliphatic heterocycles. The van der Waals surface area contributed by atoms with E-state index in [1.54, 1.807) is 17.5 Å². The van der Waals surface area contributed by atoms with Crippen LogP contribution in [-0.2, 0) is 17.8 Å². The van der Waals surface area contributed by atoms with Crippen LogP contribution in [0.5, 0.6) is 0 Å². The Labute approximate surface area is 152 Å². The molecule has 2 aliphatic rings. The Morgan fingerprint density at radius 2 is 2.12 bits per heavy atom. The van der Waals surface area contributed by atoms with E-state index in [0.29, 0.717) is 6.42 Å². The predicted molar refractivity (Wildman–Crippen MR) is 98.2 cm³/mol. The number of amides is 1. The number of thiazole rings is 1. The first-order valence-corrected chi connectivity index (χ1v) is 9.89. The number of nitrogens with zero attached hydrogens (tertiary/aromatic N) is 4. The van der Waals surface area contributed by atoms with Crippen molar-refractivity contribution in [3.63, 3.8) is 0 Å². The highest BCUT2D eigenvalue weighted by atomic mass is 32.1. The summed E-state index contributed by atoms with van der Waals surface area (Å²) in [5, 5.41) is 3.24. The van der Waals surface area contributed by atoms with Crippen molar-refractivity contribution >= 4 is 17.2 Å². The molecule has 5 nitrogen and oxygen atoms in total. The molecule has 0 N–H and O–H groups in total. The highest BCUT2D eigenvalue weighted by molar-refractivity contribution is 7.09. The molecule has 1 atom stereocenters. The molecule has 132 valence electrons. The van der Waals surface area contributed by atoms with Crippen molar-refractivity contribution in [2.75, 3.05) is 26.2 Å². The first-order chi connectivity index (χ1) is 12.2. The largest absolute Gasteiger partial charge is 0.342 e. The quantitative estimate of drug-likeness (QED) is 0.845. The predicted octanol–water partition coefficient (Wildman–Crippen LogP) is 2.60. The van der Waals surface area contributed by atoms with Crippen LogP contribution in [0.4, 0.5) is 0 Å². The van der Waals surface area contributed by atoms with Gasteiger partial charge in [-0.15, -0.1) is 11.3 Å². The van der Waals surface area contributed by atoms with Gasteiger partial charge < -0.3 is 4.90 Å². The van der Waals surface area contributed by atoms with Crippen LogP contribution < -0.4 is 0 Å². The summed E-state index contributed by atoms with van der Waals surface area (Å²) >= 11 is 1.73. The van der Waals surface area contributed by atoms with Crippen molar-refractivity contribution in [3.8, 4) is 0 Å². The Morgan fingerprint density at radius 1 is 1.16 bits per heavy atom. The van der Waals surface area contributed by atoms with E-state index in [1.165, 1.54) is 17.8 Å². The third-order valence-electron chi connectivity index (χ3n) is 5.43. The lowest BCUT2D eigenvalue weighted by atomic mass is 9.79. The summed E-state index contributed by atoms with van der Waals surface area (Å²) in [6.45, 7) is 4.95. The van der Waals surface area contributed by atoms with Crippen LogP contribution in [0, 0.1) is 5.41 Å². The van der Waals surface area contributed by atoms with Crippen LogP contribution in [0.2, 0.25) is 0 Å². The molecular weight excluding hydrogens is 332 g/mol. The number of hydrogen-bond donors (Lipinski definition) is 0. The molecule has 2 saturated heterocycles. The number of piperidine rings is 1. The minimum Gasteiger partial charge on any atom is -0.342 e. The van der Waals surface area contributed by atoms with E-state index in [-0.39, 0.29) is 11.3 Å². The number of aromatic nitrogens is 2. The standard InChI is InChI=1S/C19H24N4OS/c24-18(12-16-4-1-2-7-20-16)23-10-6-19(15-23)5-3-9-22(14-19)13-17-21-8-11-25-17/h1-2,4,7-8,11H,3,5-6,9-10,12-15H2/t19-/m1/s1. The van der Waals surface area contributed by atoms with Crippen molar-refractivity contribution in [3.05, 3.63) is 46.7 Å². The van der Waals surface area contributed by atoms with Gasteiger partial charge in [0, 0.05) is 48.5 Å². The monoisotopic (exact) mass is 356 g/mol. The third-order valence-corrected chi connectivity index (χ3v) is 6.20. The van der Waals surface area contributed by atoms with E-state index < -0.39 is 0 Å². The minimum atomic E-state index is 0.215. The van der Waals surface area contributed by atoms with Gasteiger partial charge in [-0.1, -0.05) is 6.07 Å². The molecule has 0 unspecified atom stereocenters. The first-order valence-electron chi connectivity index (χ1n) is 9.01. The maximum absolute atomic E-state index is 12.6. The summed E-state index contributed by atoms with van der Waals surface area (Å²) in [5.41, 5.74) is 1.14. The highest BCUT2D eigenvalue weighted by Crippen LogP contribution is 2.39. The fourth-order valence-electron chi connectivity index (χ4n) is 4.22. The second kappa shape index (κ2) is 7.22. The number of carbonyl (C=O) groups is 1. The molecule has 0 saturated carbocycles. The van der Waals surface area contributed by atoms with Gasteiger partial charge in [0.2, 0.25) is 5.91 Å². The van der Waals surface area contributed by atoms with Crippen molar-refractivity contribution in [1.29, 1.82) is 0 Å². The molecule has 25 heavy (non-hydrogen) atoms. The van der Waals surface area contributed by atoms with Crippen LogP contribution in [0.15, 0.2) is 36.0 Å². The molecule has 2 fully saturated rings. The summed E-state index contributed by atoms with van der Waals surface area (Å²) in [5.74, 6) is 0.215. The molecule has 4 heterocycles. The van der Waals surface area contributed by atoms with Crippen LogP contribution in [0.1, 0.15) is 30.0 Å². The molecule has 0 bridgehead atoms. The fraction of sp³-hybridized carbons (Fsp3) is 0.526. The van der Waals surface area contributed by atoms with Gasteiger partial charge in [0.05, 0.1) is 13.0 Å². The molecule has 0 aliphatic carbocycles. The van der Waals surface area contributed by atoms with Crippen molar-refractivity contribution < 1.29 is 4.79 Å². The minimum absolute atomic E-state index is 0.215. The first kappa shape index (κ1) is 16.7. The zero-order valence-electron chi connectivity index (χ0n) is 14.4. The molecule has 2 aromatic heterocycles. The number of pyridine rings is 1. The summed E-state index contributed by atoms with van der Waals surface area (Å²) in [6.07, 6.45) is 7.62. The van der Waals surface area contributed by atoms with Crippen molar-refractivity contribution in [1.82, 2.24) is 19.8 Å². The Hall–Kier alpha value is -1.79. The molecule has 1 amide bonds. The van der Waals surface area contributed by atoms with E-state index in [0.717, 1.165) is 44.8 Å². The second-order valence-electron chi connectivity index (χ2n) is 7.30.